The minimum atomic E-state index is -0.0967. The van der Waals surface area contributed by atoms with Crippen molar-refractivity contribution in [3.63, 3.8) is 0 Å². The number of rotatable bonds is 8. The maximum absolute atomic E-state index is 11.9. The van der Waals surface area contributed by atoms with E-state index in [1.807, 2.05) is 42.5 Å². The molecule has 6 nitrogen and oxygen atoms in total. The van der Waals surface area contributed by atoms with Gasteiger partial charge in [0.2, 0.25) is 5.91 Å². The Balaban J connectivity index is 1.82. The lowest BCUT2D eigenvalue weighted by molar-refractivity contribution is -0.119. The van der Waals surface area contributed by atoms with Crippen LogP contribution in [0.3, 0.4) is 0 Å². The van der Waals surface area contributed by atoms with Crippen molar-refractivity contribution in [2.24, 2.45) is 0 Å². The lowest BCUT2D eigenvalue weighted by Crippen LogP contribution is -2.29. The van der Waals surface area contributed by atoms with Crippen LogP contribution in [-0.2, 0) is 11.3 Å². The van der Waals surface area contributed by atoms with E-state index < -0.39 is 0 Å². The molecule has 24 heavy (non-hydrogen) atoms. The van der Waals surface area contributed by atoms with Gasteiger partial charge in [-0.15, -0.1) is 0 Å². The first-order valence-corrected chi connectivity index (χ1v) is 7.51. The molecule has 0 aromatic heterocycles. The number of nitrogens with one attached hydrogen (secondary N) is 2. The Morgan fingerprint density at radius 2 is 1.62 bits per heavy atom. The Bertz CT molecular complexity index is 671. The Morgan fingerprint density at radius 1 is 0.917 bits per heavy atom. The molecule has 0 atom stereocenters. The average molecular weight is 330 g/mol. The van der Waals surface area contributed by atoms with Crippen LogP contribution in [0, 0.1) is 0 Å². The van der Waals surface area contributed by atoms with Gasteiger partial charge in [-0.1, -0.05) is 6.07 Å². The number of amides is 1. The van der Waals surface area contributed by atoms with Gasteiger partial charge in [-0.25, -0.2) is 0 Å². The minimum absolute atomic E-state index is 0.0967. The predicted molar refractivity (Wildman–Crippen MR) is 92.9 cm³/mol. The molecule has 0 spiro atoms. The Hall–Kier alpha value is -2.89. The largest absolute Gasteiger partial charge is 0.497 e. The molecule has 128 valence electrons. The number of carbonyl (C=O) groups excluding carboxylic acids is 1. The molecule has 6 heteroatoms. The number of benzene rings is 2. The molecule has 2 N–H and O–H groups in total. The summed E-state index contributed by atoms with van der Waals surface area (Å²) in [4.78, 5) is 11.9. The topological polar surface area (TPSA) is 68.8 Å². The highest BCUT2D eigenvalue weighted by atomic mass is 16.5. The number of hydrogen-bond acceptors (Lipinski definition) is 5. The molecule has 0 unspecified atom stereocenters. The first kappa shape index (κ1) is 17.5. The Kier molecular flexibility index (Phi) is 6.31. The van der Waals surface area contributed by atoms with Gasteiger partial charge in [0.25, 0.3) is 0 Å². The first-order chi connectivity index (χ1) is 11.7. The summed E-state index contributed by atoms with van der Waals surface area (Å²) >= 11 is 0. The van der Waals surface area contributed by atoms with Crippen molar-refractivity contribution >= 4 is 11.6 Å². The fourth-order valence-electron chi connectivity index (χ4n) is 2.14. The highest BCUT2D eigenvalue weighted by Crippen LogP contribution is 2.27. The normalized spacial score (nSPS) is 9.96. The molecule has 0 saturated heterocycles. The van der Waals surface area contributed by atoms with E-state index in [9.17, 15) is 4.79 Å². The standard InChI is InChI=1S/C18H22N2O4/c1-22-15-7-5-14(6-8-15)19-12-18(21)20-11-13-4-9-16(23-2)17(10-13)24-3/h4-10,19H,11-12H2,1-3H3,(H,20,21). The van der Waals surface area contributed by atoms with Crippen molar-refractivity contribution < 1.29 is 19.0 Å². The molecule has 2 aromatic rings. The zero-order valence-corrected chi connectivity index (χ0v) is 14.1. The van der Waals surface area contributed by atoms with Gasteiger partial charge in [-0.3, -0.25) is 4.79 Å². The number of ether oxygens (including phenoxy) is 3. The monoisotopic (exact) mass is 330 g/mol. The summed E-state index contributed by atoms with van der Waals surface area (Å²) in [7, 11) is 4.78. The van der Waals surface area contributed by atoms with E-state index >= 15 is 0 Å². The zero-order valence-electron chi connectivity index (χ0n) is 14.1. The van der Waals surface area contributed by atoms with Gasteiger partial charge in [-0.05, 0) is 42.0 Å². The summed E-state index contributed by atoms with van der Waals surface area (Å²) in [5.74, 6) is 1.98. The molecule has 0 aliphatic heterocycles. The van der Waals surface area contributed by atoms with Crippen LogP contribution < -0.4 is 24.8 Å². The van der Waals surface area contributed by atoms with Crippen LogP contribution in [-0.4, -0.2) is 33.8 Å². The van der Waals surface area contributed by atoms with Crippen LogP contribution in [0.15, 0.2) is 42.5 Å². The van der Waals surface area contributed by atoms with E-state index in [-0.39, 0.29) is 12.5 Å². The molecule has 0 aliphatic rings. The molecule has 2 rings (SSSR count). The van der Waals surface area contributed by atoms with Crippen LogP contribution in [0.25, 0.3) is 0 Å². The second-order valence-corrected chi connectivity index (χ2v) is 5.05. The Labute approximate surface area is 141 Å². The van der Waals surface area contributed by atoms with Gasteiger partial charge in [0.05, 0.1) is 27.9 Å². The van der Waals surface area contributed by atoms with Crippen molar-refractivity contribution in [3.05, 3.63) is 48.0 Å². The molecule has 0 radical (unpaired) electrons. The van der Waals surface area contributed by atoms with Gasteiger partial charge >= 0.3 is 0 Å². The molecule has 2 aromatic carbocycles. The maximum atomic E-state index is 11.9. The third kappa shape index (κ3) is 4.81. The molecule has 0 aliphatic carbocycles. The van der Waals surface area contributed by atoms with E-state index in [1.165, 1.54) is 0 Å². The quantitative estimate of drug-likeness (QED) is 0.778. The lowest BCUT2D eigenvalue weighted by Gasteiger charge is -2.11. The van der Waals surface area contributed by atoms with E-state index in [4.69, 9.17) is 14.2 Å². The highest BCUT2D eigenvalue weighted by Gasteiger charge is 2.06. The van der Waals surface area contributed by atoms with Crippen molar-refractivity contribution in [2.75, 3.05) is 33.2 Å². The molecule has 0 bridgehead atoms. The van der Waals surface area contributed by atoms with Gasteiger partial charge in [0.15, 0.2) is 11.5 Å². The molecule has 0 saturated carbocycles. The number of anilines is 1. The molecule has 0 heterocycles. The number of methoxy groups -OCH3 is 3. The van der Waals surface area contributed by atoms with Gasteiger partial charge in [0, 0.05) is 12.2 Å². The fourth-order valence-corrected chi connectivity index (χ4v) is 2.14. The molecule has 1 amide bonds. The van der Waals surface area contributed by atoms with Crippen molar-refractivity contribution in [1.29, 1.82) is 0 Å². The molecular formula is C18H22N2O4. The predicted octanol–water partition coefficient (Wildman–Crippen LogP) is 2.44. The average Bonchev–Trinajstić information content (AvgIpc) is 2.64. The molecule has 0 fully saturated rings. The van der Waals surface area contributed by atoms with Crippen LogP contribution in [0.5, 0.6) is 17.2 Å². The second kappa shape index (κ2) is 8.67. The third-order valence-electron chi connectivity index (χ3n) is 3.48. The summed E-state index contributed by atoms with van der Waals surface area (Å²) in [6.07, 6.45) is 0. The van der Waals surface area contributed by atoms with E-state index in [1.54, 1.807) is 21.3 Å². The summed E-state index contributed by atoms with van der Waals surface area (Å²) in [6.45, 7) is 0.614. The number of carbonyl (C=O) groups is 1. The maximum Gasteiger partial charge on any atom is 0.239 e. The summed E-state index contributed by atoms with van der Waals surface area (Å²) in [5.41, 5.74) is 1.79. The summed E-state index contributed by atoms with van der Waals surface area (Å²) in [5, 5.41) is 5.92. The van der Waals surface area contributed by atoms with Crippen LogP contribution in [0.1, 0.15) is 5.56 Å². The van der Waals surface area contributed by atoms with Crippen LogP contribution in [0.4, 0.5) is 5.69 Å². The van der Waals surface area contributed by atoms with Crippen molar-refractivity contribution in [1.82, 2.24) is 5.32 Å². The molecular weight excluding hydrogens is 308 g/mol. The Morgan fingerprint density at radius 3 is 2.25 bits per heavy atom. The fraction of sp³-hybridized carbons (Fsp3) is 0.278. The van der Waals surface area contributed by atoms with E-state index in [0.29, 0.717) is 18.0 Å². The lowest BCUT2D eigenvalue weighted by atomic mass is 10.2. The van der Waals surface area contributed by atoms with E-state index in [0.717, 1.165) is 17.0 Å². The first-order valence-electron chi connectivity index (χ1n) is 7.51. The van der Waals surface area contributed by atoms with Crippen molar-refractivity contribution in [3.8, 4) is 17.2 Å². The smallest absolute Gasteiger partial charge is 0.239 e. The van der Waals surface area contributed by atoms with Gasteiger partial charge < -0.3 is 24.8 Å². The van der Waals surface area contributed by atoms with Gasteiger partial charge in [-0.2, -0.15) is 0 Å². The van der Waals surface area contributed by atoms with E-state index in [2.05, 4.69) is 10.6 Å². The highest BCUT2D eigenvalue weighted by molar-refractivity contribution is 5.80. The third-order valence-corrected chi connectivity index (χ3v) is 3.48. The summed E-state index contributed by atoms with van der Waals surface area (Å²) < 4.78 is 15.5. The van der Waals surface area contributed by atoms with Crippen LogP contribution in [0.2, 0.25) is 0 Å². The zero-order chi connectivity index (χ0) is 17.4. The minimum Gasteiger partial charge on any atom is -0.497 e. The number of hydrogen-bond donors (Lipinski definition) is 2. The van der Waals surface area contributed by atoms with Crippen LogP contribution >= 0.6 is 0 Å². The second-order valence-electron chi connectivity index (χ2n) is 5.05. The summed E-state index contributed by atoms with van der Waals surface area (Å²) in [6, 6.07) is 12.9. The van der Waals surface area contributed by atoms with Crippen molar-refractivity contribution in [2.45, 2.75) is 6.54 Å². The van der Waals surface area contributed by atoms with Gasteiger partial charge in [0.1, 0.15) is 5.75 Å². The SMILES string of the molecule is COc1ccc(NCC(=O)NCc2ccc(OC)c(OC)c2)cc1.